The molecule has 0 atom stereocenters. The third-order valence-electron chi connectivity index (χ3n) is 3.77. The summed E-state index contributed by atoms with van der Waals surface area (Å²) in [4.78, 5) is 0.325. The fourth-order valence-electron chi connectivity index (χ4n) is 2.67. The SMILES string of the molecule is Cc1ccccc1S(=O)(=O)Nc1cccc2c1CNCC2. The maximum absolute atomic E-state index is 12.6. The van der Waals surface area contributed by atoms with Crippen molar-refractivity contribution in [3.63, 3.8) is 0 Å². The van der Waals surface area contributed by atoms with Gasteiger partial charge in [-0.3, -0.25) is 4.72 Å². The van der Waals surface area contributed by atoms with Gasteiger partial charge in [-0.25, -0.2) is 8.42 Å². The number of sulfonamides is 1. The van der Waals surface area contributed by atoms with Gasteiger partial charge in [0.05, 0.1) is 10.6 Å². The summed E-state index contributed by atoms with van der Waals surface area (Å²) in [7, 11) is -3.56. The normalized spacial score (nSPS) is 14.5. The zero-order chi connectivity index (χ0) is 14.9. The van der Waals surface area contributed by atoms with Gasteiger partial charge >= 0.3 is 0 Å². The van der Waals surface area contributed by atoms with Gasteiger partial charge in [0.1, 0.15) is 0 Å². The second kappa shape index (κ2) is 5.50. The molecule has 1 aliphatic heterocycles. The fourth-order valence-corrected chi connectivity index (χ4v) is 4.01. The van der Waals surface area contributed by atoms with E-state index in [0.29, 0.717) is 17.1 Å². The van der Waals surface area contributed by atoms with Crippen molar-refractivity contribution in [2.24, 2.45) is 0 Å². The zero-order valence-corrected chi connectivity index (χ0v) is 12.7. The Balaban J connectivity index is 1.99. The molecule has 2 N–H and O–H groups in total. The van der Waals surface area contributed by atoms with Crippen molar-refractivity contribution in [2.75, 3.05) is 11.3 Å². The Morgan fingerprint density at radius 2 is 1.90 bits per heavy atom. The quantitative estimate of drug-likeness (QED) is 0.915. The molecule has 2 aromatic carbocycles. The molecule has 1 aliphatic rings. The summed E-state index contributed by atoms with van der Waals surface area (Å²) in [6.07, 6.45) is 0.926. The summed E-state index contributed by atoms with van der Waals surface area (Å²) < 4.78 is 27.9. The summed E-state index contributed by atoms with van der Waals surface area (Å²) >= 11 is 0. The topological polar surface area (TPSA) is 58.2 Å². The van der Waals surface area contributed by atoms with E-state index in [9.17, 15) is 8.42 Å². The molecule has 0 fully saturated rings. The third kappa shape index (κ3) is 2.80. The molecule has 0 radical (unpaired) electrons. The monoisotopic (exact) mass is 302 g/mol. The van der Waals surface area contributed by atoms with Gasteiger partial charge in [-0.2, -0.15) is 0 Å². The van der Waals surface area contributed by atoms with E-state index in [1.54, 1.807) is 25.1 Å². The Labute approximate surface area is 125 Å². The molecule has 4 nitrogen and oxygen atoms in total. The summed E-state index contributed by atoms with van der Waals surface area (Å²) in [6, 6.07) is 12.8. The minimum Gasteiger partial charge on any atom is -0.312 e. The summed E-state index contributed by atoms with van der Waals surface area (Å²) in [5, 5.41) is 3.28. The molecule has 0 bridgehead atoms. The Bertz CT molecular complexity index is 770. The van der Waals surface area contributed by atoms with Crippen LogP contribution >= 0.6 is 0 Å². The van der Waals surface area contributed by atoms with Crippen LogP contribution in [0.2, 0.25) is 0 Å². The molecule has 0 amide bonds. The smallest absolute Gasteiger partial charge is 0.262 e. The summed E-state index contributed by atoms with van der Waals surface area (Å²) in [5.74, 6) is 0. The first-order valence-corrected chi connectivity index (χ1v) is 8.46. The highest BCUT2D eigenvalue weighted by Gasteiger charge is 2.20. The van der Waals surface area contributed by atoms with Crippen LogP contribution in [0.3, 0.4) is 0 Å². The van der Waals surface area contributed by atoms with Crippen LogP contribution in [0.4, 0.5) is 5.69 Å². The van der Waals surface area contributed by atoms with Gasteiger partial charge in [-0.05, 0) is 48.7 Å². The third-order valence-corrected chi connectivity index (χ3v) is 5.30. The van der Waals surface area contributed by atoms with Gasteiger partial charge in [-0.1, -0.05) is 30.3 Å². The lowest BCUT2D eigenvalue weighted by molar-refractivity contribution is 0.600. The molecular formula is C16H18N2O2S. The van der Waals surface area contributed by atoms with Gasteiger partial charge in [0, 0.05) is 6.54 Å². The maximum atomic E-state index is 12.6. The molecule has 21 heavy (non-hydrogen) atoms. The van der Waals surface area contributed by atoms with Crippen LogP contribution in [0.1, 0.15) is 16.7 Å². The zero-order valence-electron chi connectivity index (χ0n) is 11.9. The van der Waals surface area contributed by atoms with Crippen LogP contribution in [0.25, 0.3) is 0 Å². The van der Waals surface area contributed by atoms with Crippen LogP contribution in [-0.4, -0.2) is 15.0 Å². The number of rotatable bonds is 3. The van der Waals surface area contributed by atoms with Gasteiger partial charge < -0.3 is 5.32 Å². The van der Waals surface area contributed by atoms with Crippen molar-refractivity contribution in [1.29, 1.82) is 0 Å². The maximum Gasteiger partial charge on any atom is 0.262 e. The average molecular weight is 302 g/mol. The van der Waals surface area contributed by atoms with Crippen LogP contribution in [0.5, 0.6) is 0 Å². The van der Waals surface area contributed by atoms with E-state index in [0.717, 1.165) is 24.1 Å². The predicted molar refractivity (Wildman–Crippen MR) is 83.8 cm³/mol. The lowest BCUT2D eigenvalue weighted by atomic mass is 10.00. The van der Waals surface area contributed by atoms with Gasteiger partial charge in [0.2, 0.25) is 0 Å². The van der Waals surface area contributed by atoms with E-state index >= 15 is 0 Å². The van der Waals surface area contributed by atoms with E-state index in [-0.39, 0.29) is 0 Å². The second-order valence-corrected chi connectivity index (χ2v) is 6.89. The molecule has 2 aromatic rings. The first-order chi connectivity index (χ1) is 10.1. The van der Waals surface area contributed by atoms with Gasteiger partial charge in [0.15, 0.2) is 0 Å². The molecule has 0 aliphatic carbocycles. The Morgan fingerprint density at radius 1 is 1.10 bits per heavy atom. The minimum atomic E-state index is -3.56. The van der Waals surface area contributed by atoms with Crippen molar-refractivity contribution in [3.05, 3.63) is 59.2 Å². The number of aryl methyl sites for hydroxylation is 1. The van der Waals surface area contributed by atoms with Crippen LogP contribution in [0, 0.1) is 6.92 Å². The van der Waals surface area contributed by atoms with Crippen molar-refractivity contribution < 1.29 is 8.42 Å². The number of anilines is 1. The van der Waals surface area contributed by atoms with Crippen molar-refractivity contribution in [2.45, 2.75) is 24.8 Å². The highest BCUT2D eigenvalue weighted by Crippen LogP contribution is 2.26. The Morgan fingerprint density at radius 3 is 2.71 bits per heavy atom. The van der Waals surface area contributed by atoms with Crippen LogP contribution in [0.15, 0.2) is 47.4 Å². The number of nitrogens with one attached hydrogen (secondary N) is 2. The number of hydrogen-bond donors (Lipinski definition) is 2. The molecule has 5 heteroatoms. The van der Waals surface area contributed by atoms with Crippen molar-refractivity contribution in [3.8, 4) is 0 Å². The van der Waals surface area contributed by atoms with Gasteiger partial charge in [0.25, 0.3) is 10.0 Å². The molecule has 1 heterocycles. The number of benzene rings is 2. The molecule has 0 saturated carbocycles. The highest BCUT2D eigenvalue weighted by atomic mass is 32.2. The van der Waals surface area contributed by atoms with Gasteiger partial charge in [-0.15, -0.1) is 0 Å². The fraction of sp³-hybridized carbons (Fsp3) is 0.250. The summed E-state index contributed by atoms with van der Waals surface area (Å²) in [6.45, 7) is 3.43. The molecule has 0 spiro atoms. The van der Waals surface area contributed by atoms with E-state index in [4.69, 9.17) is 0 Å². The number of hydrogen-bond acceptors (Lipinski definition) is 3. The molecule has 0 unspecified atom stereocenters. The minimum absolute atomic E-state index is 0.325. The predicted octanol–water partition coefficient (Wildman–Crippen LogP) is 2.44. The van der Waals surface area contributed by atoms with E-state index in [1.165, 1.54) is 5.56 Å². The number of fused-ring (bicyclic) bond motifs is 1. The molecule has 110 valence electrons. The average Bonchev–Trinajstić information content (AvgIpc) is 2.47. The molecule has 3 rings (SSSR count). The first kappa shape index (κ1) is 14.1. The van der Waals surface area contributed by atoms with Crippen molar-refractivity contribution >= 4 is 15.7 Å². The lowest BCUT2D eigenvalue weighted by Gasteiger charge is -2.21. The van der Waals surface area contributed by atoms with E-state index < -0.39 is 10.0 Å². The Hall–Kier alpha value is -1.85. The van der Waals surface area contributed by atoms with E-state index in [2.05, 4.69) is 16.1 Å². The lowest BCUT2D eigenvalue weighted by Crippen LogP contribution is -2.25. The standard InChI is InChI=1S/C16H18N2O2S/c1-12-5-2-3-8-16(12)21(19,20)18-15-7-4-6-13-9-10-17-11-14(13)15/h2-8,17-18H,9-11H2,1H3. The molecular weight excluding hydrogens is 284 g/mol. The van der Waals surface area contributed by atoms with Crippen molar-refractivity contribution in [1.82, 2.24) is 5.32 Å². The second-order valence-electron chi connectivity index (χ2n) is 5.24. The van der Waals surface area contributed by atoms with Crippen LogP contribution in [-0.2, 0) is 23.0 Å². The molecule has 0 aromatic heterocycles. The Kier molecular flexibility index (Phi) is 3.69. The summed E-state index contributed by atoms with van der Waals surface area (Å²) in [5.41, 5.74) is 3.66. The molecule has 0 saturated heterocycles. The largest absolute Gasteiger partial charge is 0.312 e. The highest BCUT2D eigenvalue weighted by molar-refractivity contribution is 7.92. The van der Waals surface area contributed by atoms with E-state index in [1.807, 2.05) is 18.2 Å². The van der Waals surface area contributed by atoms with Crippen LogP contribution < -0.4 is 10.0 Å². The first-order valence-electron chi connectivity index (χ1n) is 6.98.